The van der Waals surface area contributed by atoms with E-state index in [1.54, 1.807) is 36.4 Å². The molecule has 1 aliphatic heterocycles. The van der Waals surface area contributed by atoms with Crippen molar-refractivity contribution in [2.45, 2.75) is 23.0 Å². The Labute approximate surface area is 140 Å². The van der Waals surface area contributed by atoms with Crippen LogP contribution < -0.4 is 9.47 Å². The van der Waals surface area contributed by atoms with Gasteiger partial charge >= 0.3 is 0 Å². The monoisotopic (exact) mass is 341 g/mol. The van der Waals surface area contributed by atoms with Gasteiger partial charge < -0.3 is 9.47 Å². The third-order valence-electron chi connectivity index (χ3n) is 4.59. The van der Waals surface area contributed by atoms with Gasteiger partial charge in [-0.2, -0.15) is 5.26 Å². The first-order valence-electron chi connectivity index (χ1n) is 7.62. The maximum Gasteiger partial charge on any atom is 0.231 e. The van der Waals surface area contributed by atoms with E-state index in [1.807, 2.05) is 13.0 Å². The predicted molar refractivity (Wildman–Crippen MR) is 86.6 cm³/mol. The highest BCUT2D eigenvalue weighted by Gasteiger charge is 2.59. The third kappa shape index (κ3) is 2.24. The molecule has 0 saturated heterocycles. The summed E-state index contributed by atoms with van der Waals surface area (Å²) in [6, 6.07) is 14.2. The normalized spacial score (nSPS) is 24.4. The summed E-state index contributed by atoms with van der Waals surface area (Å²) in [6.07, 6.45) is 0. The number of sulfone groups is 1. The molecule has 6 heteroatoms. The molecule has 5 nitrogen and oxygen atoms in total. The van der Waals surface area contributed by atoms with Gasteiger partial charge in [0.1, 0.15) is 0 Å². The molecule has 1 heterocycles. The Morgan fingerprint density at radius 1 is 1.08 bits per heavy atom. The Bertz CT molecular complexity index is 944. The molecule has 2 aromatic carbocycles. The molecule has 0 radical (unpaired) electrons. The highest BCUT2D eigenvalue weighted by Crippen LogP contribution is 2.54. The van der Waals surface area contributed by atoms with Gasteiger partial charge in [-0.1, -0.05) is 23.8 Å². The van der Waals surface area contributed by atoms with Crippen LogP contribution in [0, 0.1) is 24.2 Å². The molecule has 1 aliphatic carbocycles. The van der Waals surface area contributed by atoms with E-state index in [0.717, 1.165) is 11.1 Å². The van der Waals surface area contributed by atoms with Crippen LogP contribution >= 0.6 is 0 Å². The first-order valence-corrected chi connectivity index (χ1v) is 9.17. The molecule has 0 aromatic heterocycles. The average Bonchev–Trinajstić information content (AvgIpc) is 3.15. The van der Waals surface area contributed by atoms with Gasteiger partial charge in [-0.15, -0.1) is 0 Å². The minimum absolute atomic E-state index is 0.163. The van der Waals surface area contributed by atoms with E-state index >= 15 is 0 Å². The van der Waals surface area contributed by atoms with Gasteiger partial charge in [0, 0.05) is 5.92 Å². The summed E-state index contributed by atoms with van der Waals surface area (Å²) in [4.78, 5) is 0.265. The van der Waals surface area contributed by atoms with Gasteiger partial charge in [-0.3, -0.25) is 0 Å². The molecule has 2 aromatic rings. The van der Waals surface area contributed by atoms with Crippen LogP contribution in [-0.4, -0.2) is 20.5 Å². The topological polar surface area (TPSA) is 76.4 Å². The molecule has 1 saturated carbocycles. The number of fused-ring (bicyclic) bond motifs is 1. The van der Waals surface area contributed by atoms with E-state index in [4.69, 9.17) is 9.47 Å². The molecule has 24 heavy (non-hydrogen) atoms. The predicted octanol–water partition coefficient (Wildman–Crippen LogP) is 2.80. The number of benzene rings is 2. The quantitative estimate of drug-likeness (QED) is 0.858. The Morgan fingerprint density at radius 3 is 2.50 bits per heavy atom. The Hall–Kier alpha value is -2.52. The van der Waals surface area contributed by atoms with Crippen molar-refractivity contribution < 1.29 is 17.9 Å². The van der Waals surface area contributed by atoms with Gasteiger partial charge in [-0.25, -0.2) is 8.42 Å². The molecule has 122 valence electrons. The van der Waals surface area contributed by atoms with Crippen LogP contribution in [0.2, 0.25) is 0 Å². The number of hydrogen-bond donors (Lipinski definition) is 0. The first-order chi connectivity index (χ1) is 11.5. The SMILES string of the molecule is Cc1ccc(S(=O)(=O)C2C(C#N)C2c2ccc3c(c2)OCO3)cc1. The largest absolute Gasteiger partial charge is 0.454 e. The molecular weight excluding hydrogens is 326 g/mol. The molecule has 0 N–H and O–H groups in total. The van der Waals surface area contributed by atoms with Crippen LogP contribution in [0.25, 0.3) is 0 Å². The maximum absolute atomic E-state index is 12.9. The molecule has 1 fully saturated rings. The molecule has 0 spiro atoms. The fraction of sp³-hybridized carbons (Fsp3) is 0.278. The summed E-state index contributed by atoms with van der Waals surface area (Å²) in [5, 5.41) is 8.67. The Morgan fingerprint density at radius 2 is 1.79 bits per heavy atom. The maximum atomic E-state index is 12.9. The zero-order chi connectivity index (χ0) is 16.9. The Kier molecular flexibility index (Phi) is 3.29. The zero-order valence-electron chi connectivity index (χ0n) is 13.0. The van der Waals surface area contributed by atoms with Gasteiger partial charge in [-0.05, 0) is 36.8 Å². The molecule has 4 rings (SSSR count). The lowest BCUT2D eigenvalue weighted by Crippen LogP contribution is -2.10. The third-order valence-corrected chi connectivity index (χ3v) is 6.82. The van der Waals surface area contributed by atoms with Crippen molar-refractivity contribution in [1.82, 2.24) is 0 Å². The molecular formula is C18H15NO4S. The number of nitriles is 1. The van der Waals surface area contributed by atoms with Crippen LogP contribution in [0.1, 0.15) is 17.0 Å². The van der Waals surface area contributed by atoms with Crippen molar-refractivity contribution in [2.75, 3.05) is 6.79 Å². The fourth-order valence-electron chi connectivity index (χ4n) is 3.23. The van der Waals surface area contributed by atoms with E-state index in [1.165, 1.54) is 0 Å². The van der Waals surface area contributed by atoms with Crippen molar-refractivity contribution in [2.24, 2.45) is 5.92 Å². The fourth-order valence-corrected chi connectivity index (χ4v) is 5.29. The average molecular weight is 341 g/mol. The highest BCUT2D eigenvalue weighted by molar-refractivity contribution is 7.92. The lowest BCUT2D eigenvalue weighted by atomic mass is 10.1. The summed E-state index contributed by atoms with van der Waals surface area (Å²) in [5.74, 6) is 0.362. The molecule has 2 aliphatic rings. The number of nitrogens with zero attached hydrogens (tertiary/aromatic N) is 1. The van der Waals surface area contributed by atoms with E-state index < -0.39 is 21.0 Å². The zero-order valence-corrected chi connectivity index (χ0v) is 13.8. The van der Waals surface area contributed by atoms with Crippen molar-refractivity contribution in [3.05, 3.63) is 53.6 Å². The molecule has 3 unspecified atom stereocenters. The van der Waals surface area contributed by atoms with Crippen LogP contribution in [0.15, 0.2) is 47.4 Å². The number of rotatable bonds is 3. The standard InChI is InChI=1S/C18H15NO4S/c1-11-2-5-13(6-3-11)24(20,21)18-14(9-19)17(18)12-4-7-15-16(8-12)23-10-22-15/h2-8,14,17-18H,10H2,1H3. The highest BCUT2D eigenvalue weighted by atomic mass is 32.2. The van der Waals surface area contributed by atoms with Crippen LogP contribution in [0.4, 0.5) is 0 Å². The minimum Gasteiger partial charge on any atom is -0.454 e. The van der Waals surface area contributed by atoms with Crippen LogP contribution in [-0.2, 0) is 9.84 Å². The van der Waals surface area contributed by atoms with Crippen molar-refractivity contribution in [3.63, 3.8) is 0 Å². The number of ether oxygens (including phenoxy) is 2. The second kappa shape index (κ2) is 5.25. The summed E-state index contributed by atoms with van der Waals surface area (Å²) in [7, 11) is -3.55. The van der Waals surface area contributed by atoms with Gasteiger partial charge in [0.15, 0.2) is 21.3 Å². The summed E-state index contributed by atoms with van der Waals surface area (Å²) < 4.78 is 36.4. The van der Waals surface area contributed by atoms with E-state index in [9.17, 15) is 13.7 Å². The number of aryl methyl sites for hydroxylation is 1. The first kappa shape index (κ1) is 15.0. The Balaban J connectivity index is 1.69. The molecule has 0 bridgehead atoms. The minimum atomic E-state index is -3.55. The van der Waals surface area contributed by atoms with Crippen LogP contribution in [0.5, 0.6) is 11.5 Å². The number of hydrogen-bond acceptors (Lipinski definition) is 5. The van der Waals surface area contributed by atoms with Gasteiger partial charge in [0.05, 0.1) is 22.1 Å². The molecule has 3 atom stereocenters. The summed E-state index contributed by atoms with van der Waals surface area (Å²) >= 11 is 0. The lowest BCUT2D eigenvalue weighted by molar-refractivity contribution is 0.174. The van der Waals surface area contributed by atoms with E-state index in [0.29, 0.717) is 11.5 Å². The van der Waals surface area contributed by atoms with E-state index in [2.05, 4.69) is 6.07 Å². The van der Waals surface area contributed by atoms with Crippen molar-refractivity contribution >= 4 is 9.84 Å². The second-order valence-electron chi connectivity index (χ2n) is 6.12. The molecule has 0 amide bonds. The van der Waals surface area contributed by atoms with Crippen molar-refractivity contribution in [1.29, 1.82) is 5.26 Å². The summed E-state index contributed by atoms with van der Waals surface area (Å²) in [5.41, 5.74) is 1.79. The van der Waals surface area contributed by atoms with Gasteiger partial charge in [0.25, 0.3) is 0 Å². The van der Waals surface area contributed by atoms with E-state index in [-0.39, 0.29) is 17.6 Å². The smallest absolute Gasteiger partial charge is 0.231 e. The van der Waals surface area contributed by atoms with Gasteiger partial charge in [0.2, 0.25) is 6.79 Å². The lowest BCUT2D eigenvalue weighted by Gasteiger charge is -2.05. The second-order valence-corrected chi connectivity index (χ2v) is 8.22. The van der Waals surface area contributed by atoms with Crippen molar-refractivity contribution in [3.8, 4) is 17.6 Å². The van der Waals surface area contributed by atoms with Crippen LogP contribution in [0.3, 0.4) is 0 Å². The summed E-state index contributed by atoms with van der Waals surface area (Å²) in [6.45, 7) is 2.07.